The van der Waals surface area contributed by atoms with Crippen molar-refractivity contribution in [1.82, 2.24) is 19.1 Å². The number of piperazine rings is 1. The van der Waals surface area contributed by atoms with Crippen molar-refractivity contribution in [2.24, 2.45) is 0 Å². The lowest BCUT2D eigenvalue weighted by Crippen LogP contribution is -2.43. The van der Waals surface area contributed by atoms with Gasteiger partial charge in [-0.05, 0) is 36.6 Å². The Morgan fingerprint density at radius 1 is 0.941 bits per heavy atom. The molecule has 0 bridgehead atoms. The number of benzene rings is 2. The Balaban J connectivity index is 0.00000162. The largest absolute Gasteiger partial charge is 0.412 e. The van der Waals surface area contributed by atoms with Gasteiger partial charge < -0.3 is 20.8 Å². The van der Waals surface area contributed by atoms with E-state index >= 15 is 0 Å². The molecule has 2 aromatic carbocycles. The highest BCUT2D eigenvalue weighted by atomic mass is 32.2. The number of para-hydroxylation sites is 1. The highest BCUT2D eigenvalue weighted by Gasteiger charge is 2.21. The van der Waals surface area contributed by atoms with Crippen molar-refractivity contribution >= 4 is 28.5 Å². The van der Waals surface area contributed by atoms with Crippen LogP contribution < -0.4 is 10.5 Å². The van der Waals surface area contributed by atoms with Gasteiger partial charge in [0, 0.05) is 43.6 Å². The van der Waals surface area contributed by atoms with Crippen molar-refractivity contribution in [3.05, 3.63) is 76.7 Å². The molecule has 8 nitrogen and oxygen atoms in total. The standard InChI is InChI=1S/C23H21F2N5OS.2H2O/c1-32-29-13-11-28(12-14-29)16-7-5-15(6-8-16)21-20-19(9-10-26-23(20)31)30(27-21)22-17(24)3-2-4-18(22)25;;/h2-10H,11-14H2,1H3,(H,26,31);2*1H2. The summed E-state index contributed by atoms with van der Waals surface area (Å²) in [7, 11) is 0. The lowest BCUT2D eigenvalue weighted by molar-refractivity contribution is 0.431. The zero-order valence-electron chi connectivity index (χ0n) is 18.4. The number of nitrogens with one attached hydrogen (secondary N) is 1. The van der Waals surface area contributed by atoms with E-state index in [0.717, 1.165) is 31.9 Å². The third-order valence-electron chi connectivity index (χ3n) is 5.76. The third-order valence-corrected chi connectivity index (χ3v) is 6.64. The number of hydrogen-bond donors (Lipinski definition) is 1. The summed E-state index contributed by atoms with van der Waals surface area (Å²) in [5.74, 6) is -1.50. The fourth-order valence-corrected chi connectivity index (χ4v) is 4.63. The van der Waals surface area contributed by atoms with E-state index in [1.54, 1.807) is 18.0 Å². The Hall–Kier alpha value is -3.25. The second kappa shape index (κ2) is 10.3. The van der Waals surface area contributed by atoms with Crippen LogP contribution in [0.15, 0.2) is 59.5 Å². The van der Waals surface area contributed by atoms with Crippen LogP contribution in [0, 0.1) is 11.6 Å². The molecule has 0 spiro atoms. The van der Waals surface area contributed by atoms with Crippen LogP contribution in [-0.4, -0.2) is 62.5 Å². The summed E-state index contributed by atoms with van der Waals surface area (Å²) < 4.78 is 32.5. The van der Waals surface area contributed by atoms with Crippen LogP contribution in [-0.2, 0) is 0 Å². The Kier molecular flexibility index (Phi) is 7.72. The van der Waals surface area contributed by atoms with Crippen molar-refractivity contribution in [3.63, 3.8) is 0 Å². The molecule has 0 radical (unpaired) electrons. The molecule has 180 valence electrons. The van der Waals surface area contributed by atoms with Gasteiger partial charge in [0.2, 0.25) is 0 Å². The molecule has 11 heteroatoms. The van der Waals surface area contributed by atoms with Gasteiger partial charge >= 0.3 is 0 Å². The first-order valence-corrected chi connectivity index (χ1v) is 11.4. The second-order valence-corrected chi connectivity index (χ2v) is 8.42. The van der Waals surface area contributed by atoms with E-state index in [1.165, 1.54) is 29.1 Å². The molecule has 0 unspecified atom stereocenters. The summed E-state index contributed by atoms with van der Waals surface area (Å²) in [5.41, 5.74) is 1.84. The first kappa shape index (κ1) is 25.4. The van der Waals surface area contributed by atoms with Gasteiger partial charge in [-0.3, -0.25) is 4.79 Å². The van der Waals surface area contributed by atoms with Crippen LogP contribution in [0.4, 0.5) is 14.5 Å². The number of nitrogens with zero attached hydrogens (tertiary/aromatic N) is 4. The first-order chi connectivity index (χ1) is 15.6. The molecular weight excluding hydrogens is 464 g/mol. The molecular formula is C23H25F2N5O3S. The Morgan fingerprint density at radius 3 is 2.21 bits per heavy atom. The molecule has 2 aromatic heterocycles. The van der Waals surface area contributed by atoms with Crippen LogP contribution in [0.3, 0.4) is 0 Å². The Labute approximate surface area is 198 Å². The van der Waals surface area contributed by atoms with Gasteiger partial charge in [-0.2, -0.15) is 5.10 Å². The van der Waals surface area contributed by atoms with E-state index in [0.29, 0.717) is 16.8 Å². The zero-order valence-corrected chi connectivity index (χ0v) is 19.2. The van der Waals surface area contributed by atoms with Crippen LogP contribution in [0.1, 0.15) is 0 Å². The molecule has 1 fully saturated rings. The topological polar surface area (TPSA) is 120 Å². The van der Waals surface area contributed by atoms with Crippen LogP contribution in [0.2, 0.25) is 0 Å². The minimum absolute atomic E-state index is 0. The number of anilines is 1. The lowest BCUT2D eigenvalue weighted by Gasteiger charge is -2.34. The van der Waals surface area contributed by atoms with Gasteiger partial charge in [-0.15, -0.1) is 0 Å². The number of H-pyrrole nitrogens is 1. The SMILES string of the molecule is CSN1CCN(c2ccc(-c3nn(-c4c(F)cccc4F)c4cc[nH]c(=O)c34)cc2)CC1.O.O. The Morgan fingerprint density at radius 2 is 1.59 bits per heavy atom. The van der Waals surface area contributed by atoms with Crippen molar-refractivity contribution < 1.29 is 19.7 Å². The van der Waals surface area contributed by atoms with Crippen LogP contribution >= 0.6 is 11.9 Å². The molecule has 5 N–H and O–H groups in total. The maximum atomic E-state index is 14.5. The summed E-state index contributed by atoms with van der Waals surface area (Å²) in [4.78, 5) is 17.6. The highest BCUT2D eigenvalue weighted by molar-refractivity contribution is 7.96. The highest BCUT2D eigenvalue weighted by Crippen LogP contribution is 2.30. The molecule has 1 aliphatic rings. The van der Waals surface area contributed by atoms with E-state index in [-0.39, 0.29) is 27.6 Å². The van der Waals surface area contributed by atoms with E-state index in [4.69, 9.17) is 0 Å². The molecule has 5 rings (SSSR count). The normalized spacial score (nSPS) is 14.0. The van der Waals surface area contributed by atoms with E-state index in [2.05, 4.69) is 25.5 Å². The van der Waals surface area contributed by atoms with E-state index in [9.17, 15) is 13.6 Å². The smallest absolute Gasteiger partial charge is 0.259 e. The number of aromatic amines is 1. The molecule has 1 saturated heterocycles. The number of pyridine rings is 1. The van der Waals surface area contributed by atoms with Crippen molar-refractivity contribution in [1.29, 1.82) is 0 Å². The van der Waals surface area contributed by atoms with Crippen LogP contribution in [0.25, 0.3) is 27.8 Å². The molecule has 0 saturated carbocycles. The minimum Gasteiger partial charge on any atom is -0.412 e. The molecule has 0 amide bonds. The van der Waals surface area contributed by atoms with Crippen molar-refractivity contribution in [3.8, 4) is 16.9 Å². The van der Waals surface area contributed by atoms with Crippen molar-refractivity contribution in [2.45, 2.75) is 0 Å². The molecule has 0 atom stereocenters. The second-order valence-electron chi connectivity index (χ2n) is 7.54. The minimum atomic E-state index is -0.749. The predicted octanol–water partition coefficient (Wildman–Crippen LogP) is 2.41. The van der Waals surface area contributed by atoms with E-state index in [1.807, 2.05) is 24.3 Å². The van der Waals surface area contributed by atoms with Gasteiger partial charge in [-0.25, -0.2) is 17.8 Å². The average Bonchev–Trinajstić information content (AvgIpc) is 3.20. The molecule has 34 heavy (non-hydrogen) atoms. The molecule has 4 aromatic rings. The zero-order chi connectivity index (χ0) is 22.2. The maximum absolute atomic E-state index is 14.5. The van der Waals surface area contributed by atoms with Gasteiger partial charge in [0.25, 0.3) is 5.56 Å². The predicted molar refractivity (Wildman–Crippen MR) is 132 cm³/mol. The van der Waals surface area contributed by atoms with E-state index < -0.39 is 11.6 Å². The number of fused-ring (bicyclic) bond motifs is 1. The summed E-state index contributed by atoms with van der Waals surface area (Å²) in [6, 6.07) is 13.0. The molecule has 0 aliphatic carbocycles. The number of halogens is 2. The van der Waals surface area contributed by atoms with Gasteiger partial charge in [0.05, 0.1) is 10.9 Å². The number of hydrogen-bond acceptors (Lipinski definition) is 5. The van der Waals surface area contributed by atoms with Gasteiger partial charge in [0.1, 0.15) is 11.4 Å². The van der Waals surface area contributed by atoms with Gasteiger partial charge in [-0.1, -0.05) is 30.1 Å². The van der Waals surface area contributed by atoms with Gasteiger partial charge in [0.15, 0.2) is 11.6 Å². The Bertz CT molecular complexity index is 1310. The summed E-state index contributed by atoms with van der Waals surface area (Å²) in [5, 5.41) is 4.76. The molecule has 1 aliphatic heterocycles. The summed E-state index contributed by atoms with van der Waals surface area (Å²) in [6.07, 6.45) is 3.53. The monoisotopic (exact) mass is 489 g/mol. The fraction of sp³-hybridized carbons (Fsp3) is 0.217. The van der Waals surface area contributed by atoms with Crippen LogP contribution in [0.5, 0.6) is 0 Å². The summed E-state index contributed by atoms with van der Waals surface area (Å²) >= 11 is 1.76. The lowest BCUT2D eigenvalue weighted by atomic mass is 10.1. The van der Waals surface area contributed by atoms with Crippen molar-refractivity contribution in [2.75, 3.05) is 37.3 Å². The molecule has 3 heterocycles. The summed E-state index contributed by atoms with van der Waals surface area (Å²) in [6.45, 7) is 3.84. The fourth-order valence-electron chi connectivity index (χ4n) is 4.10. The first-order valence-electron chi connectivity index (χ1n) is 10.3. The number of rotatable bonds is 4. The number of aromatic nitrogens is 3. The average molecular weight is 490 g/mol. The maximum Gasteiger partial charge on any atom is 0.259 e. The quantitative estimate of drug-likeness (QED) is 0.442. The third kappa shape index (κ3) is 4.42.